The van der Waals surface area contributed by atoms with Gasteiger partial charge in [0.15, 0.2) is 11.5 Å². The summed E-state index contributed by atoms with van der Waals surface area (Å²) in [5.41, 5.74) is -0.478. The molecule has 2 aliphatic heterocycles. The van der Waals surface area contributed by atoms with Crippen LogP contribution < -0.4 is 4.74 Å². The number of ether oxygens (including phenoxy) is 1. The van der Waals surface area contributed by atoms with Crippen LogP contribution >= 0.6 is 0 Å². The minimum Gasteiger partial charge on any atom is -0.504 e. The lowest BCUT2D eigenvalue weighted by atomic mass is 9.48. The Morgan fingerprint density at radius 1 is 1.26 bits per heavy atom. The maximum atomic E-state index is 13.8. The van der Waals surface area contributed by atoms with E-state index in [9.17, 15) is 28.2 Å². The van der Waals surface area contributed by atoms with Gasteiger partial charge < -0.3 is 19.8 Å². The number of halogens is 3. The molecule has 4 aliphatic rings. The number of unbranched alkanes of at least 4 members (excludes halogenated alkanes) is 1. The van der Waals surface area contributed by atoms with Crippen LogP contribution in [-0.4, -0.2) is 69.3 Å². The number of likely N-dealkylation sites (tertiary alicyclic amines) is 1. The van der Waals surface area contributed by atoms with Crippen molar-refractivity contribution in [2.45, 2.75) is 80.8 Å². The molecule has 0 aromatic heterocycles. The normalized spacial score (nSPS) is 29.7. The second kappa shape index (κ2) is 10.5. The molecule has 1 spiro atoms. The number of carbonyl (C=O) groups excluding carboxylic acids is 1. The van der Waals surface area contributed by atoms with Gasteiger partial charge in [-0.3, -0.25) is 9.69 Å². The zero-order valence-electron chi connectivity index (χ0n) is 23.7. The van der Waals surface area contributed by atoms with E-state index in [0.717, 1.165) is 42.6 Å². The predicted molar refractivity (Wildman–Crippen MR) is 153 cm³/mol. The summed E-state index contributed by atoms with van der Waals surface area (Å²) in [7, 11) is 0. The minimum atomic E-state index is -4.47. The highest BCUT2D eigenvalue weighted by molar-refractivity contribution is 5.92. The zero-order chi connectivity index (χ0) is 29.9. The molecule has 1 amide bonds. The van der Waals surface area contributed by atoms with E-state index in [2.05, 4.69) is 11.5 Å². The number of hydrogen-bond donors (Lipinski definition) is 2. The highest BCUT2D eigenvalue weighted by Crippen LogP contribution is 2.65. The van der Waals surface area contributed by atoms with E-state index in [0.29, 0.717) is 44.5 Å². The number of aliphatic hydroxyl groups is 1. The minimum absolute atomic E-state index is 0.0291. The van der Waals surface area contributed by atoms with Crippen molar-refractivity contribution in [1.29, 1.82) is 0 Å². The highest BCUT2D eigenvalue weighted by Gasteiger charge is 2.73. The van der Waals surface area contributed by atoms with Gasteiger partial charge in [0.05, 0.1) is 22.6 Å². The van der Waals surface area contributed by atoms with E-state index in [1.54, 1.807) is 11.0 Å². The molecule has 2 aliphatic carbocycles. The van der Waals surface area contributed by atoms with Crippen LogP contribution in [0.1, 0.15) is 61.3 Å². The quantitative estimate of drug-likeness (QED) is 0.320. The summed E-state index contributed by atoms with van der Waals surface area (Å²) in [5.74, 6) is 0.121. The largest absolute Gasteiger partial charge is 0.504 e. The number of piperidine rings is 1. The fourth-order valence-corrected chi connectivity index (χ4v) is 8.16. The summed E-state index contributed by atoms with van der Waals surface area (Å²) in [6.07, 6.45) is 3.35. The lowest BCUT2D eigenvalue weighted by Crippen LogP contribution is -2.78. The molecular formula is C33H37F3N2O4. The molecule has 1 saturated heterocycles. The number of nitrogens with zero attached hydrogens (tertiary/aromatic N) is 2. The lowest BCUT2D eigenvalue weighted by molar-refractivity contribution is -0.199. The molecule has 9 heteroatoms. The lowest BCUT2D eigenvalue weighted by Gasteiger charge is -2.64. The average molecular weight is 583 g/mol. The maximum Gasteiger partial charge on any atom is 0.416 e. The van der Waals surface area contributed by atoms with Gasteiger partial charge in [-0.1, -0.05) is 37.6 Å². The van der Waals surface area contributed by atoms with E-state index >= 15 is 0 Å². The molecule has 224 valence electrons. The molecule has 2 N–H and O–H groups in total. The second-order valence-corrected chi connectivity index (χ2v) is 12.1. The van der Waals surface area contributed by atoms with Crippen molar-refractivity contribution >= 4 is 12.0 Å². The van der Waals surface area contributed by atoms with Gasteiger partial charge in [0.1, 0.15) is 6.10 Å². The van der Waals surface area contributed by atoms with Crippen LogP contribution in [0.4, 0.5) is 13.2 Å². The predicted octanol–water partition coefficient (Wildman–Crippen LogP) is 5.46. The highest BCUT2D eigenvalue weighted by atomic mass is 19.4. The third-order valence-electron chi connectivity index (χ3n) is 9.97. The van der Waals surface area contributed by atoms with Crippen LogP contribution in [0.25, 0.3) is 6.08 Å². The fraction of sp³-hybridized carbons (Fsp3) is 0.485. The number of benzene rings is 2. The average Bonchev–Trinajstić information content (AvgIpc) is 3.31. The number of hydrogen-bond acceptors (Lipinski definition) is 5. The monoisotopic (exact) mass is 582 g/mol. The topological polar surface area (TPSA) is 73.2 Å². The molecule has 2 fully saturated rings. The van der Waals surface area contributed by atoms with Crippen molar-refractivity contribution in [3.63, 3.8) is 0 Å². The van der Waals surface area contributed by atoms with Crippen LogP contribution in [0.3, 0.4) is 0 Å². The molecule has 5 atom stereocenters. The Labute approximate surface area is 244 Å². The van der Waals surface area contributed by atoms with Gasteiger partial charge in [-0.25, -0.2) is 0 Å². The first-order valence-corrected chi connectivity index (χ1v) is 14.8. The first-order valence-electron chi connectivity index (χ1n) is 14.8. The Morgan fingerprint density at radius 2 is 2.07 bits per heavy atom. The number of carbonyl (C=O) groups is 1. The van der Waals surface area contributed by atoms with Gasteiger partial charge >= 0.3 is 6.18 Å². The Bertz CT molecular complexity index is 1420. The Morgan fingerprint density at radius 3 is 2.81 bits per heavy atom. The third-order valence-corrected chi connectivity index (χ3v) is 9.97. The summed E-state index contributed by atoms with van der Waals surface area (Å²) >= 11 is 0. The third kappa shape index (κ3) is 4.27. The summed E-state index contributed by atoms with van der Waals surface area (Å²) in [6, 6.07) is 7.93. The van der Waals surface area contributed by atoms with Crippen molar-refractivity contribution in [3.8, 4) is 11.5 Å². The maximum absolute atomic E-state index is 13.8. The van der Waals surface area contributed by atoms with Crippen molar-refractivity contribution in [1.82, 2.24) is 9.80 Å². The molecule has 0 unspecified atom stereocenters. The molecular weight excluding hydrogens is 545 g/mol. The molecule has 6 rings (SSSR count). The van der Waals surface area contributed by atoms with Gasteiger partial charge in [0.2, 0.25) is 5.91 Å². The summed E-state index contributed by atoms with van der Waals surface area (Å²) in [4.78, 5) is 17.9. The zero-order valence-corrected chi connectivity index (χ0v) is 23.7. The number of phenolic OH excluding ortho intramolecular Hbond substituents is 1. The number of amides is 1. The van der Waals surface area contributed by atoms with Gasteiger partial charge in [0.25, 0.3) is 0 Å². The van der Waals surface area contributed by atoms with E-state index < -0.39 is 28.9 Å². The molecule has 2 bridgehead atoms. The Balaban J connectivity index is 1.38. The SMILES string of the molecule is C=CCN1CC[C@]23c4c5ccc(O)c4O[C@H]2[C@H](N(CCCC)C(=O)C=Cc2cccc(C(F)(F)F)c2)CC[C@@]3(O)[C@H]1C5. The van der Waals surface area contributed by atoms with E-state index in [-0.39, 0.29) is 29.3 Å². The van der Waals surface area contributed by atoms with E-state index in [4.69, 9.17) is 4.74 Å². The van der Waals surface area contributed by atoms with E-state index in [1.165, 1.54) is 24.3 Å². The van der Waals surface area contributed by atoms with Gasteiger partial charge in [-0.15, -0.1) is 6.58 Å². The number of aromatic hydroxyl groups is 1. The van der Waals surface area contributed by atoms with Crippen LogP contribution in [-0.2, 0) is 22.8 Å². The second-order valence-electron chi connectivity index (χ2n) is 12.1. The molecule has 1 saturated carbocycles. The van der Waals surface area contributed by atoms with Crippen LogP contribution in [0, 0.1) is 0 Å². The van der Waals surface area contributed by atoms with E-state index in [1.807, 2.05) is 19.1 Å². The first kappa shape index (κ1) is 28.8. The molecule has 42 heavy (non-hydrogen) atoms. The fourth-order valence-electron chi connectivity index (χ4n) is 8.16. The number of alkyl halides is 3. The van der Waals surface area contributed by atoms with Crippen molar-refractivity contribution in [2.24, 2.45) is 0 Å². The van der Waals surface area contributed by atoms with Gasteiger partial charge in [0, 0.05) is 30.8 Å². The molecule has 2 heterocycles. The van der Waals surface area contributed by atoms with Gasteiger partial charge in [-0.05, 0) is 74.1 Å². The van der Waals surface area contributed by atoms with Crippen LogP contribution in [0.2, 0.25) is 0 Å². The molecule has 0 radical (unpaired) electrons. The molecule has 2 aromatic rings. The van der Waals surface area contributed by atoms with Gasteiger partial charge in [-0.2, -0.15) is 13.2 Å². The summed E-state index contributed by atoms with van der Waals surface area (Å²) in [5, 5.41) is 23.5. The number of rotatable bonds is 8. The van der Waals surface area contributed by atoms with Crippen LogP contribution in [0.5, 0.6) is 11.5 Å². The van der Waals surface area contributed by atoms with Crippen LogP contribution in [0.15, 0.2) is 55.1 Å². The molecule has 2 aromatic carbocycles. The van der Waals surface area contributed by atoms with Crippen molar-refractivity contribution < 1.29 is 32.9 Å². The number of phenols is 1. The van der Waals surface area contributed by atoms with Crippen molar-refractivity contribution in [3.05, 3.63) is 77.4 Å². The van der Waals surface area contributed by atoms with Crippen molar-refractivity contribution in [2.75, 3.05) is 19.6 Å². The Hall–Kier alpha value is -3.30. The Kier molecular flexibility index (Phi) is 7.17. The summed E-state index contributed by atoms with van der Waals surface area (Å²) in [6.45, 7) is 7.77. The first-order chi connectivity index (χ1) is 20.0. The smallest absolute Gasteiger partial charge is 0.416 e. The summed E-state index contributed by atoms with van der Waals surface area (Å²) < 4.78 is 46.4. The standard InChI is InChI=1S/C33H37F3N2O4/c1-3-5-17-38(27(40)12-9-21-7-6-8-23(19-21)33(34,35)36)24-13-14-32(41)26-20-22-10-11-25(39)29-28(22)31(32,30(24)42-29)15-18-37(26)16-4-2/h4,6-12,19,24,26,30,39,41H,2-3,5,13-18,20H2,1H3/t24-,26-,30+,31+,32-/m1/s1. The molecule has 6 nitrogen and oxygen atoms in total.